The molecule has 1 aliphatic heterocycles. The summed E-state index contributed by atoms with van der Waals surface area (Å²) in [4.78, 5) is 29.0. The summed E-state index contributed by atoms with van der Waals surface area (Å²) < 4.78 is 7.06. The van der Waals surface area contributed by atoms with E-state index in [0.717, 1.165) is 90.4 Å². The maximum atomic E-state index is 11.9. The maximum absolute atomic E-state index is 11.9. The molecular weight excluding hydrogens is 548 g/mol. The van der Waals surface area contributed by atoms with Gasteiger partial charge < -0.3 is 15.4 Å². The quantitative estimate of drug-likeness (QED) is 0.220. The van der Waals surface area contributed by atoms with Gasteiger partial charge in [0, 0.05) is 43.0 Å². The van der Waals surface area contributed by atoms with E-state index in [0.29, 0.717) is 17.7 Å². The van der Waals surface area contributed by atoms with E-state index in [1.54, 1.807) is 6.20 Å². The Labute approximate surface area is 257 Å². The Bertz CT molecular complexity index is 1790. The highest BCUT2D eigenvalue weighted by Crippen LogP contribution is 2.36. The number of nitrogen functional groups attached to an aromatic ring is 1. The first-order valence-corrected chi connectivity index (χ1v) is 15.6. The Balaban J connectivity index is 1.14. The number of nitrogens with zero attached hydrogens (tertiary/aromatic N) is 5. The van der Waals surface area contributed by atoms with Crippen LogP contribution in [0.15, 0.2) is 79.0 Å². The number of carbonyl (C=O) groups is 1. The Hall–Kier alpha value is -4.56. The number of hydrogen-bond donors (Lipinski definition) is 1. The van der Waals surface area contributed by atoms with Crippen LogP contribution in [0.5, 0.6) is 0 Å². The second-order valence-electron chi connectivity index (χ2n) is 12.3. The average Bonchev–Trinajstić information content (AvgIpc) is 3.40. The summed E-state index contributed by atoms with van der Waals surface area (Å²) in [5.74, 6) is 2.41. The molecule has 0 bridgehead atoms. The van der Waals surface area contributed by atoms with E-state index >= 15 is 0 Å². The summed E-state index contributed by atoms with van der Waals surface area (Å²) in [6.45, 7) is 5.34. The van der Waals surface area contributed by atoms with Gasteiger partial charge in [0.05, 0.1) is 24.3 Å². The SMILES string of the molecule is COC(=O)[C@H]1CC[C@@H](CN2CC(c3ccc(-n4c(-c5cccnc5N)nc5cc(C)c(-c6ccccc6)nc54)cc3)C2)CC1. The number of aryl methyl sites for hydroxylation is 1. The minimum absolute atomic E-state index is 0.0434. The highest BCUT2D eigenvalue weighted by Gasteiger charge is 2.33. The first-order valence-electron chi connectivity index (χ1n) is 15.6. The third-order valence-electron chi connectivity index (χ3n) is 9.43. The van der Waals surface area contributed by atoms with E-state index in [4.69, 9.17) is 20.4 Å². The van der Waals surface area contributed by atoms with Crippen LogP contribution < -0.4 is 5.73 Å². The minimum Gasteiger partial charge on any atom is -0.469 e. The normalized spacial score (nSPS) is 19.1. The summed E-state index contributed by atoms with van der Waals surface area (Å²) in [5.41, 5.74) is 14.2. The number of fused-ring (bicyclic) bond motifs is 1. The summed E-state index contributed by atoms with van der Waals surface area (Å²) >= 11 is 0. The standard InChI is InChI=1S/C36H38N6O2/c1-23-19-31-35(40-32(23)26-7-4-3-5-8-26)42(34(39-31)30-9-6-18-38-33(30)37)29-16-14-25(15-17-29)28-21-41(22-28)20-24-10-12-27(13-11-24)36(43)44-2/h3-9,14-19,24,27-28H,10-13,20-22H2,1-2H3,(H2,37,38)/t24-,27+. The van der Waals surface area contributed by atoms with Crippen molar-refractivity contribution in [3.05, 3.63) is 90.1 Å². The number of methoxy groups -OCH3 is 1. The number of likely N-dealkylation sites (tertiary alicyclic amines) is 1. The van der Waals surface area contributed by atoms with Crippen LogP contribution in [0.4, 0.5) is 5.82 Å². The van der Waals surface area contributed by atoms with Gasteiger partial charge in [-0.05, 0) is 80.0 Å². The fourth-order valence-electron chi connectivity index (χ4n) is 6.96. The number of imidazole rings is 1. The number of pyridine rings is 2. The molecule has 1 aliphatic carbocycles. The van der Waals surface area contributed by atoms with E-state index in [1.165, 1.54) is 12.7 Å². The molecule has 2 aliphatic rings. The third kappa shape index (κ3) is 5.35. The largest absolute Gasteiger partial charge is 0.469 e. The van der Waals surface area contributed by atoms with Crippen molar-refractivity contribution >= 4 is 23.0 Å². The molecule has 1 saturated heterocycles. The molecule has 44 heavy (non-hydrogen) atoms. The van der Waals surface area contributed by atoms with Crippen LogP contribution in [0.2, 0.25) is 0 Å². The Morgan fingerprint density at radius 3 is 2.41 bits per heavy atom. The zero-order valence-electron chi connectivity index (χ0n) is 25.3. The highest BCUT2D eigenvalue weighted by atomic mass is 16.5. The van der Waals surface area contributed by atoms with Crippen molar-refractivity contribution in [3.63, 3.8) is 0 Å². The zero-order chi connectivity index (χ0) is 30.2. The lowest BCUT2D eigenvalue weighted by Crippen LogP contribution is -2.47. The summed E-state index contributed by atoms with van der Waals surface area (Å²) in [7, 11) is 1.49. The van der Waals surface area contributed by atoms with Gasteiger partial charge in [-0.25, -0.2) is 15.0 Å². The van der Waals surface area contributed by atoms with Gasteiger partial charge in [-0.15, -0.1) is 0 Å². The summed E-state index contributed by atoms with van der Waals surface area (Å²) in [6.07, 6.45) is 5.82. The molecule has 0 amide bonds. The molecule has 0 atom stereocenters. The molecule has 7 rings (SSSR count). The molecular formula is C36H38N6O2. The molecule has 2 fully saturated rings. The number of carbonyl (C=O) groups excluding carboxylic acids is 1. The molecule has 0 radical (unpaired) electrons. The van der Waals surface area contributed by atoms with Crippen molar-refractivity contribution < 1.29 is 9.53 Å². The summed E-state index contributed by atoms with van der Waals surface area (Å²) in [6, 6.07) is 25.1. The van der Waals surface area contributed by atoms with E-state index in [2.05, 4.69) is 63.8 Å². The highest BCUT2D eigenvalue weighted by molar-refractivity contribution is 5.85. The second kappa shape index (κ2) is 11.8. The van der Waals surface area contributed by atoms with Gasteiger partial charge in [-0.1, -0.05) is 42.5 Å². The lowest BCUT2D eigenvalue weighted by atomic mass is 9.80. The maximum Gasteiger partial charge on any atom is 0.308 e. The van der Waals surface area contributed by atoms with Crippen molar-refractivity contribution in [2.75, 3.05) is 32.5 Å². The minimum atomic E-state index is -0.0434. The molecule has 0 spiro atoms. The molecule has 1 saturated carbocycles. The van der Waals surface area contributed by atoms with Crippen LogP contribution in [0.25, 0.3) is 39.5 Å². The van der Waals surface area contributed by atoms with Crippen molar-refractivity contribution in [3.8, 4) is 28.3 Å². The van der Waals surface area contributed by atoms with Crippen molar-refractivity contribution in [1.82, 2.24) is 24.4 Å². The molecule has 224 valence electrons. The predicted molar refractivity (Wildman–Crippen MR) is 173 cm³/mol. The third-order valence-corrected chi connectivity index (χ3v) is 9.43. The van der Waals surface area contributed by atoms with E-state index in [-0.39, 0.29) is 11.9 Å². The second-order valence-corrected chi connectivity index (χ2v) is 12.3. The van der Waals surface area contributed by atoms with Gasteiger partial charge in [0.1, 0.15) is 11.3 Å². The van der Waals surface area contributed by atoms with Crippen molar-refractivity contribution in [2.45, 2.75) is 38.5 Å². The van der Waals surface area contributed by atoms with Gasteiger partial charge >= 0.3 is 5.97 Å². The monoisotopic (exact) mass is 586 g/mol. The fraction of sp³-hybridized carbons (Fsp3) is 0.333. The predicted octanol–water partition coefficient (Wildman–Crippen LogP) is 6.42. The van der Waals surface area contributed by atoms with Crippen LogP contribution in [0.1, 0.15) is 42.7 Å². The number of rotatable bonds is 7. The molecule has 4 heterocycles. The van der Waals surface area contributed by atoms with E-state index in [1.807, 2.05) is 30.3 Å². The number of esters is 1. The Morgan fingerprint density at radius 1 is 0.955 bits per heavy atom. The van der Waals surface area contributed by atoms with Crippen molar-refractivity contribution in [2.24, 2.45) is 11.8 Å². The van der Waals surface area contributed by atoms with Gasteiger partial charge in [-0.2, -0.15) is 0 Å². The zero-order valence-corrected chi connectivity index (χ0v) is 25.3. The lowest BCUT2D eigenvalue weighted by Gasteiger charge is -2.42. The number of aromatic nitrogens is 4. The molecule has 5 aromatic rings. The summed E-state index contributed by atoms with van der Waals surface area (Å²) in [5, 5.41) is 0. The molecule has 2 aromatic carbocycles. The van der Waals surface area contributed by atoms with Gasteiger partial charge in [0.15, 0.2) is 11.5 Å². The van der Waals surface area contributed by atoms with Gasteiger partial charge in [0.25, 0.3) is 0 Å². The van der Waals surface area contributed by atoms with Crippen LogP contribution in [-0.2, 0) is 9.53 Å². The Morgan fingerprint density at radius 2 is 1.70 bits per heavy atom. The number of nitrogens with two attached hydrogens (primary N) is 1. The molecule has 8 nitrogen and oxygen atoms in total. The van der Waals surface area contributed by atoms with Crippen LogP contribution >= 0.6 is 0 Å². The average molecular weight is 587 g/mol. The van der Waals surface area contributed by atoms with Crippen LogP contribution in [-0.4, -0.2) is 57.1 Å². The van der Waals surface area contributed by atoms with Gasteiger partial charge in [-0.3, -0.25) is 9.36 Å². The number of benzene rings is 2. The van der Waals surface area contributed by atoms with Gasteiger partial charge in [0.2, 0.25) is 0 Å². The topological polar surface area (TPSA) is 99.2 Å². The lowest BCUT2D eigenvalue weighted by molar-refractivity contribution is -0.146. The number of anilines is 1. The smallest absolute Gasteiger partial charge is 0.308 e. The van der Waals surface area contributed by atoms with Crippen LogP contribution in [0.3, 0.4) is 0 Å². The molecule has 0 unspecified atom stereocenters. The molecule has 8 heteroatoms. The first-order chi connectivity index (χ1) is 21.5. The molecule has 2 N–H and O–H groups in total. The molecule has 3 aromatic heterocycles. The van der Waals surface area contributed by atoms with Crippen LogP contribution in [0, 0.1) is 18.8 Å². The van der Waals surface area contributed by atoms with Crippen molar-refractivity contribution in [1.29, 1.82) is 0 Å². The fourth-order valence-corrected chi connectivity index (χ4v) is 6.96. The number of hydrogen-bond acceptors (Lipinski definition) is 7. The van der Waals surface area contributed by atoms with E-state index in [9.17, 15) is 4.79 Å². The van der Waals surface area contributed by atoms with E-state index < -0.39 is 0 Å². The first kappa shape index (κ1) is 28.2. The Kier molecular flexibility index (Phi) is 7.60. The number of ether oxygens (including phenoxy) is 1.